The Morgan fingerprint density at radius 1 is 1.67 bits per heavy atom. The highest BCUT2D eigenvalue weighted by Crippen LogP contribution is 1.73. The third-order valence-electron chi connectivity index (χ3n) is 0.204. The van der Waals surface area contributed by atoms with Gasteiger partial charge in [0.25, 0.3) is 0 Å². The summed E-state index contributed by atoms with van der Waals surface area (Å²) in [6, 6.07) is 0. The summed E-state index contributed by atoms with van der Waals surface area (Å²) in [5.74, 6) is 0. The molecule has 4 nitrogen and oxygen atoms in total. The fourth-order valence-corrected chi connectivity index (χ4v) is 0.0816. The molecule has 0 aromatic carbocycles. The quantitative estimate of drug-likeness (QED) is 0.394. The van der Waals surface area contributed by atoms with E-state index in [1.54, 1.807) is 14.1 Å². The zero-order valence-electron chi connectivity index (χ0n) is 3.80. The fraction of sp³-hybridized carbons (Fsp3) is 1.00. The molecule has 0 aliphatic rings. The Morgan fingerprint density at radius 2 is 2.17 bits per heavy atom. The first-order chi connectivity index (χ1) is 2.77. The minimum Gasteiger partial charge on any atom is -0.278 e. The van der Waals surface area contributed by atoms with Crippen LogP contribution in [0.4, 0.5) is 0 Å². The van der Waals surface area contributed by atoms with Crippen molar-refractivity contribution in [1.82, 2.24) is 5.06 Å². The molecule has 0 radical (unpaired) electrons. The molecule has 36 valence electrons. The lowest BCUT2D eigenvalue weighted by Crippen LogP contribution is -2.06. The van der Waals surface area contributed by atoms with Crippen molar-refractivity contribution in [3.63, 3.8) is 0 Å². The second kappa shape index (κ2) is 2.59. The number of hydrogen-bond donors (Lipinski definition) is 1. The van der Waals surface area contributed by atoms with E-state index < -0.39 is 0 Å². The highest BCUT2D eigenvalue weighted by atomic mass is 16.8. The molecule has 0 saturated carbocycles. The first-order valence-electron chi connectivity index (χ1n) is 1.48. The molecule has 1 N–H and O–H groups in total. The maximum Gasteiger partial charge on any atom is 0.0408 e. The van der Waals surface area contributed by atoms with E-state index in [0.29, 0.717) is 0 Å². The average molecular weight is 89.1 g/mol. The second-order valence-electron chi connectivity index (χ2n) is 0.985. The van der Waals surface area contributed by atoms with Gasteiger partial charge >= 0.3 is 0 Å². The van der Waals surface area contributed by atoms with Crippen molar-refractivity contribution >= 4 is 0 Å². The van der Waals surface area contributed by atoms with Crippen molar-refractivity contribution in [1.29, 1.82) is 5.53 Å². The first kappa shape index (κ1) is 5.36. The molecule has 0 aliphatic heterocycles. The number of nitrogens with one attached hydrogen (secondary N) is 1. The molecule has 6 heavy (non-hydrogen) atoms. The maximum absolute atomic E-state index is 6.09. The van der Waals surface area contributed by atoms with Gasteiger partial charge in [-0.3, -0.25) is 4.94 Å². The van der Waals surface area contributed by atoms with Gasteiger partial charge < -0.3 is 0 Å². The van der Waals surface area contributed by atoms with E-state index in [0.717, 1.165) is 0 Å². The Morgan fingerprint density at radius 3 is 2.17 bits per heavy atom. The standard InChI is InChI=1S/C2H7N3O/c1-5(2)6-4-3/h3H,1-2H3. The topological polar surface area (TPSA) is 48.7 Å². The predicted molar refractivity (Wildman–Crippen MR) is 19.9 cm³/mol. The van der Waals surface area contributed by atoms with Crippen LogP contribution in [0, 0.1) is 5.53 Å². The molecular weight excluding hydrogens is 82.0 g/mol. The Kier molecular flexibility index (Phi) is 2.31. The lowest BCUT2D eigenvalue weighted by atomic mass is 11.2. The molecule has 0 aromatic rings. The molecule has 0 fully saturated rings. The molecule has 0 aliphatic carbocycles. The Bertz CT molecular complexity index is 44.1. The molecule has 0 spiro atoms. The van der Waals surface area contributed by atoms with Gasteiger partial charge in [-0.25, -0.2) is 0 Å². The molecule has 0 atom stereocenters. The zero-order chi connectivity index (χ0) is 4.99. The number of nitrogens with zero attached hydrogens (tertiary/aromatic N) is 2. The van der Waals surface area contributed by atoms with E-state index in [9.17, 15) is 0 Å². The Balaban J connectivity index is 2.81. The Labute approximate surface area is 36.1 Å². The molecule has 0 saturated heterocycles. The normalized spacial score (nSPS) is 8.50. The minimum absolute atomic E-state index is 1.33. The van der Waals surface area contributed by atoms with Gasteiger partial charge in [-0.1, -0.05) is 0 Å². The molecular formula is C2H7N3O. The average Bonchev–Trinajstić information content (AvgIpc) is 1.35. The van der Waals surface area contributed by atoms with Crippen molar-refractivity contribution in [2.75, 3.05) is 14.1 Å². The summed E-state index contributed by atoms with van der Waals surface area (Å²) in [5, 5.41) is 3.94. The second-order valence-corrected chi connectivity index (χ2v) is 0.985. The van der Waals surface area contributed by atoms with Gasteiger partial charge in [0.15, 0.2) is 0 Å². The highest BCUT2D eigenvalue weighted by Gasteiger charge is 1.77. The van der Waals surface area contributed by atoms with Gasteiger partial charge in [0.1, 0.15) is 0 Å². The minimum atomic E-state index is 1.33. The molecule has 0 bridgehead atoms. The lowest BCUT2D eigenvalue weighted by Gasteiger charge is -1.99. The van der Waals surface area contributed by atoms with Crippen LogP contribution in [0.5, 0.6) is 0 Å². The molecule has 0 aromatic heterocycles. The summed E-state index contributed by atoms with van der Waals surface area (Å²) < 4.78 is 0. The summed E-state index contributed by atoms with van der Waals surface area (Å²) in [7, 11) is 3.30. The first-order valence-corrected chi connectivity index (χ1v) is 1.48. The molecule has 4 heteroatoms. The third-order valence-corrected chi connectivity index (χ3v) is 0.204. The van der Waals surface area contributed by atoms with E-state index in [1.807, 2.05) is 0 Å². The SMILES string of the molecule is CN(C)ON=N. The van der Waals surface area contributed by atoms with Crippen LogP contribution < -0.4 is 0 Å². The summed E-state index contributed by atoms with van der Waals surface area (Å²) in [4.78, 5) is 4.17. The summed E-state index contributed by atoms with van der Waals surface area (Å²) in [5.41, 5.74) is 6.09. The monoisotopic (exact) mass is 89.1 g/mol. The van der Waals surface area contributed by atoms with Crippen molar-refractivity contribution in [3.05, 3.63) is 0 Å². The van der Waals surface area contributed by atoms with E-state index in [1.165, 1.54) is 5.06 Å². The van der Waals surface area contributed by atoms with Crippen LogP contribution in [-0.2, 0) is 4.94 Å². The summed E-state index contributed by atoms with van der Waals surface area (Å²) in [6.07, 6.45) is 0. The van der Waals surface area contributed by atoms with Gasteiger partial charge in [0.2, 0.25) is 0 Å². The van der Waals surface area contributed by atoms with Crippen molar-refractivity contribution < 1.29 is 4.94 Å². The van der Waals surface area contributed by atoms with Crippen LogP contribution in [-0.4, -0.2) is 19.2 Å². The van der Waals surface area contributed by atoms with E-state index in [2.05, 4.69) is 10.2 Å². The van der Waals surface area contributed by atoms with Gasteiger partial charge in [-0.2, -0.15) is 5.53 Å². The number of rotatable bonds is 2. The van der Waals surface area contributed by atoms with Gasteiger partial charge in [0, 0.05) is 19.4 Å². The fourth-order valence-electron chi connectivity index (χ4n) is 0.0816. The molecule has 0 amide bonds. The van der Waals surface area contributed by atoms with E-state index in [4.69, 9.17) is 5.53 Å². The van der Waals surface area contributed by atoms with Crippen molar-refractivity contribution in [3.8, 4) is 0 Å². The summed E-state index contributed by atoms with van der Waals surface area (Å²) >= 11 is 0. The summed E-state index contributed by atoms with van der Waals surface area (Å²) in [6.45, 7) is 0. The number of hydroxylamine groups is 2. The maximum atomic E-state index is 6.09. The van der Waals surface area contributed by atoms with Crippen LogP contribution >= 0.6 is 0 Å². The molecule has 0 unspecified atom stereocenters. The van der Waals surface area contributed by atoms with Crippen LogP contribution in [0.2, 0.25) is 0 Å². The van der Waals surface area contributed by atoms with Gasteiger partial charge in [-0.15, -0.1) is 5.06 Å². The van der Waals surface area contributed by atoms with Crippen LogP contribution in [0.25, 0.3) is 0 Å². The number of hydrogen-bond acceptors (Lipinski definition) is 4. The lowest BCUT2D eigenvalue weighted by molar-refractivity contribution is -0.132. The van der Waals surface area contributed by atoms with Crippen molar-refractivity contribution in [2.24, 2.45) is 5.28 Å². The van der Waals surface area contributed by atoms with Gasteiger partial charge in [-0.05, 0) is 0 Å². The third kappa shape index (κ3) is 3.36. The molecule has 0 rings (SSSR count). The van der Waals surface area contributed by atoms with Crippen molar-refractivity contribution in [2.45, 2.75) is 0 Å². The molecule has 0 heterocycles. The smallest absolute Gasteiger partial charge is 0.0408 e. The van der Waals surface area contributed by atoms with Crippen LogP contribution in [0.15, 0.2) is 5.28 Å². The van der Waals surface area contributed by atoms with Crippen LogP contribution in [0.3, 0.4) is 0 Å². The van der Waals surface area contributed by atoms with E-state index in [-0.39, 0.29) is 0 Å². The van der Waals surface area contributed by atoms with E-state index >= 15 is 0 Å². The van der Waals surface area contributed by atoms with Gasteiger partial charge in [0.05, 0.1) is 0 Å². The Hall–Kier alpha value is -0.640. The van der Waals surface area contributed by atoms with Crippen LogP contribution in [0.1, 0.15) is 0 Å². The highest BCUT2D eigenvalue weighted by molar-refractivity contribution is 3.97. The largest absolute Gasteiger partial charge is 0.278 e. The zero-order valence-corrected chi connectivity index (χ0v) is 3.80. The predicted octanol–water partition coefficient (Wildman–Crippen LogP) is 0.426.